The van der Waals surface area contributed by atoms with Gasteiger partial charge in [0.15, 0.2) is 0 Å². The molecule has 110 valence electrons. The number of ether oxygens (including phenoxy) is 1. The minimum Gasteiger partial charge on any atom is -0.481 e. The number of aliphatic carboxylic acids is 1. The number of anilines is 1. The average molecular weight is 281 g/mol. The lowest BCUT2D eigenvalue weighted by atomic mass is 10.3. The van der Waals surface area contributed by atoms with Crippen molar-refractivity contribution in [3.8, 4) is 5.88 Å². The number of hydrogen-bond acceptors (Lipinski definition) is 4. The molecular weight excluding hydrogens is 262 g/mol. The van der Waals surface area contributed by atoms with Gasteiger partial charge in [-0.25, -0.2) is 9.78 Å². The summed E-state index contributed by atoms with van der Waals surface area (Å²) in [5, 5.41) is 11.2. The molecule has 1 aromatic rings. The van der Waals surface area contributed by atoms with Gasteiger partial charge in [-0.2, -0.15) is 0 Å². The smallest absolute Gasteiger partial charge is 0.321 e. The van der Waals surface area contributed by atoms with E-state index >= 15 is 0 Å². The highest BCUT2D eigenvalue weighted by Crippen LogP contribution is 2.12. The molecular formula is C13H19N3O4. The van der Waals surface area contributed by atoms with Crippen LogP contribution in [0.4, 0.5) is 10.5 Å². The molecule has 0 bridgehead atoms. The third-order valence-electron chi connectivity index (χ3n) is 2.51. The fourth-order valence-electron chi connectivity index (χ4n) is 1.48. The van der Waals surface area contributed by atoms with E-state index in [0.717, 1.165) is 0 Å². The summed E-state index contributed by atoms with van der Waals surface area (Å²) < 4.78 is 5.20. The SMILES string of the molecule is CCOc1ccc(NC(=O)N(C)CCCC(=O)O)cn1. The fourth-order valence-corrected chi connectivity index (χ4v) is 1.48. The first kappa shape index (κ1) is 15.7. The Labute approximate surface area is 117 Å². The lowest BCUT2D eigenvalue weighted by Crippen LogP contribution is -2.32. The van der Waals surface area contributed by atoms with Crippen LogP contribution < -0.4 is 10.1 Å². The van der Waals surface area contributed by atoms with Gasteiger partial charge in [0, 0.05) is 26.1 Å². The number of carbonyl (C=O) groups excluding carboxylic acids is 1. The van der Waals surface area contributed by atoms with Gasteiger partial charge in [0.05, 0.1) is 18.5 Å². The molecule has 1 aromatic heterocycles. The first-order valence-corrected chi connectivity index (χ1v) is 6.35. The largest absolute Gasteiger partial charge is 0.481 e. The quantitative estimate of drug-likeness (QED) is 0.795. The molecule has 0 aliphatic rings. The monoisotopic (exact) mass is 281 g/mol. The van der Waals surface area contributed by atoms with Crippen molar-refractivity contribution in [1.82, 2.24) is 9.88 Å². The molecule has 0 aliphatic heterocycles. The Kier molecular flexibility index (Phi) is 6.28. The number of carboxylic acids is 1. The van der Waals surface area contributed by atoms with Crippen LogP contribution in [0.1, 0.15) is 19.8 Å². The third-order valence-corrected chi connectivity index (χ3v) is 2.51. The van der Waals surface area contributed by atoms with Crippen LogP contribution in [0.5, 0.6) is 5.88 Å². The summed E-state index contributed by atoms with van der Waals surface area (Å²) in [6.07, 6.45) is 1.97. The van der Waals surface area contributed by atoms with Gasteiger partial charge < -0.3 is 20.1 Å². The van der Waals surface area contributed by atoms with Crippen LogP contribution in [-0.2, 0) is 4.79 Å². The highest BCUT2D eigenvalue weighted by Gasteiger charge is 2.09. The number of pyridine rings is 1. The predicted molar refractivity (Wildman–Crippen MR) is 73.9 cm³/mol. The van der Waals surface area contributed by atoms with Gasteiger partial charge in [-0.1, -0.05) is 0 Å². The van der Waals surface area contributed by atoms with Crippen LogP contribution in [0.3, 0.4) is 0 Å². The van der Waals surface area contributed by atoms with Crippen LogP contribution in [0, 0.1) is 0 Å². The molecule has 7 heteroatoms. The minimum absolute atomic E-state index is 0.0439. The molecule has 0 radical (unpaired) electrons. The maximum atomic E-state index is 11.8. The average Bonchev–Trinajstić information content (AvgIpc) is 2.40. The molecule has 0 aromatic carbocycles. The molecule has 20 heavy (non-hydrogen) atoms. The number of nitrogens with one attached hydrogen (secondary N) is 1. The molecule has 0 spiro atoms. The number of aromatic nitrogens is 1. The van der Waals surface area contributed by atoms with E-state index in [0.29, 0.717) is 31.1 Å². The molecule has 0 atom stereocenters. The zero-order valence-electron chi connectivity index (χ0n) is 11.6. The number of urea groups is 1. The normalized spacial score (nSPS) is 9.90. The number of nitrogens with zero attached hydrogens (tertiary/aromatic N) is 2. The summed E-state index contributed by atoms with van der Waals surface area (Å²) in [5.74, 6) is -0.366. The molecule has 0 unspecified atom stereocenters. The van der Waals surface area contributed by atoms with Crippen molar-refractivity contribution in [3.63, 3.8) is 0 Å². The summed E-state index contributed by atoms with van der Waals surface area (Å²) in [6.45, 7) is 2.77. The topological polar surface area (TPSA) is 91.8 Å². The highest BCUT2D eigenvalue weighted by atomic mass is 16.5. The van der Waals surface area contributed by atoms with Gasteiger partial charge in [-0.3, -0.25) is 4.79 Å². The Morgan fingerprint density at radius 1 is 1.45 bits per heavy atom. The maximum absolute atomic E-state index is 11.8. The van der Waals surface area contributed by atoms with E-state index in [2.05, 4.69) is 10.3 Å². The van der Waals surface area contributed by atoms with Gasteiger partial charge in [-0.05, 0) is 19.4 Å². The van der Waals surface area contributed by atoms with E-state index in [1.807, 2.05) is 6.92 Å². The molecule has 0 aliphatic carbocycles. The molecule has 2 N–H and O–H groups in total. The summed E-state index contributed by atoms with van der Waals surface area (Å²) in [7, 11) is 1.61. The van der Waals surface area contributed by atoms with Crippen LogP contribution in [0.15, 0.2) is 18.3 Å². The second-order valence-electron chi connectivity index (χ2n) is 4.17. The van der Waals surface area contributed by atoms with E-state index in [4.69, 9.17) is 9.84 Å². The summed E-state index contributed by atoms with van der Waals surface area (Å²) in [5.41, 5.74) is 0.559. The second kappa shape index (κ2) is 7.98. The van der Waals surface area contributed by atoms with E-state index in [9.17, 15) is 9.59 Å². The van der Waals surface area contributed by atoms with Crippen molar-refractivity contribution in [2.24, 2.45) is 0 Å². The van der Waals surface area contributed by atoms with E-state index in [1.54, 1.807) is 19.2 Å². The fraction of sp³-hybridized carbons (Fsp3) is 0.462. The number of hydrogen-bond donors (Lipinski definition) is 2. The van der Waals surface area contributed by atoms with Crippen LogP contribution in [-0.4, -0.2) is 47.2 Å². The number of rotatable bonds is 7. The first-order chi connectivity index (χ1) is 9.52. The lowest BCUT2D eigenvalue weighted by Gasteiger charge is -2.17. The van der Waals surface area contributed by atoms with E-state index in [1.165, 1.54) is 11.1 Å². The standard InChI is InChI=1S/C13H19N3O4/c1-3-20-11-7-6-10(9-14-11)15-13(19)16(2)8-4-5-12(17)18/h6-7,9H,3-5,8H2,1-2H3,(H,15,19)(H,17,18). The Morgan fingerprint density at radius 3 is 2.75 bits per heavy atom. The van der Waals surface area contributed by atoms with Crippen LogP contribution >= 0.6 is 0 Å². The van der Waals surface area contributed by atoms with Gasteiger partial charge in [0.2, 0.25) is 5.88 Å². The number of amides is 2. The van der Waals surface area contributed by atoms with Crippen molar-refractivity contribution in [3.05, 3.63) is 18.3 Å². The van der Waals surface area contributed by atoms with Crippen molar-refractivity contribution < 1.29 is 19.4 Å². The molecule has 2 amide bonds. The van der Waals surface area contributed by atoms with E-state index in [-0.39, 0.29) is 12.5 Å². The molecule has 0 saturated heterocycles. The minimum atomic E-state index is -0.866. The van der Waals surface area contributed by atoms with Gasteiger partial charge in [0.25, 0.3) is 0 Å². The van der Waals surface area contributed by atoms with E-state index < -0.39 is 5.97 Å². The number of carbonyl (C=O) groups is 2. The Morgan fingerprint density at radius 2 is 2.20 bits per heavy atom. The number of carboxylic acid groups (broad SMARTS) is 1. The van der Waals surface area contributed by atoms with Crippen molar-refractivity contribution in [1.29, 1.82) is 0 Å². The summed E-state index contributed by atoms with van der Waals surface area (Å²) in [6, 6.07) is 3.06. The van der Waals surface area contributed by atoms with Gasteiger partial charge >= 0.3 is 12.0 Å². The summed E-state index contributed by atoms with van der Waals surface area (Å²) >= 11 is 0. The second-order valence-corrected chi connectivity index (χ2v) is 4.17. The molecule has 0 fully saturated rings. The Balaban J connectivity index is 2.42. The Bertz CT molecular complexity index is 447. The van der Waals surface area contributed by atoms with Crippen LogP contribution in [0.25, 0.3) is 0 Å². The molecule has 1 heterocycles. The third kappa shape index (κ3) is 5.55. The van der Waals surface area contributed by atoms with Crippen molar-refractivity contribution in [2.45, 2.75) is 19.8 Å². The molecule has 7 nitrogen and oxygen atoms in total. The molecule has 0 saturated carbocycles. The van der Waals surface area contributed by atoms with Gasteiger partial charge in [0.1, 0.15) is 0 Å². The predicted octanol–water partition coefficient (Wildman–Crippen LogP) is 1.81. The lowest BCUT2D eigenvalue weighted by molar-refractivity contribution is -0.137. The van der Waals surface area contributed by atoms with Crippen LogP contribution in [0.2, 0.25) is 0 Å². The van der Waals surface area contributed by atoms with Crippen molar-refractivity contribution in [2.75, 3.05) is 25.5 Å². The molecule has 1 rings (SSSR count). The van der Waals surface area contributed by atoms with Gasteiger partial charge in [-0.15, -0.1) is 0 Å². The zero-order chi connectivity index (χ0) is 15.0. The summed E-state index contributed by atoms with van der Waals surface area (Å²) in [4.78, 5) is 27.7. The maximum Gasteiger partial charge on any atom is 0.321 e. The Hall–Kier alpha value is -2.31. The first-order valence-electron chi connectivity index (χ1n) is 6.35. The zero-order valence-corrected chi connectivity index (χ0v) is 11.6. The van der Waals surface area contributed by atoms with Crippen molar-refractivity contribution >= 4 is 17.7 Å². The highest BCUT2D eigenvalue weighted by molar-refractivity contribution is 5.88.